The normalized spacial score (nSPS) is 22.1. The third-order valence-electron chi connectivity index (χ3n) is 4.12. The third-order valence-corrected chi connectivity index (χ3v) is 4.12. The minimum Gasteiger partial charge on any atom is -0.677 e. The molecule has 9 nitrogen and oxygen atoms in total. The van der Waals surface area contributed by atoms with Crippen molar-refractivity contribution in [3.8, 4) is 0 Å². The molecule has 10 heteroatoms. The van der Waals surface area contributed by atoms with E-state index in [0.29, 0.717) is 12.3 Å². The Labute approximate surface area is 167 Å². The summed E-state index contributed by atoms with van der Waals surface area (Å²) in [4.78, 5) is 38.9. The van der Waals surface area contributed by atoms with Crippen molar-refractivity contribution in [2.24, 2.45) is 11.3 Å². The number of aliphatic carboxylic acids is 4. The first-order valence-electron chi connectivity index (χ1n) is 7.51. The molecule has 154 valence electrons. The Balaban J connectivity index is -0.000000303. The van der Waals surface area contributed by atoms with Crippen molar-refractivity contribution in [3.05, 3.63) is 12.7 Å². The number of hydrogen-bond donors (Lipinski definition) is 4. The fourth-order valence-corrected chi connectivity index (χ4v) is 2.26. The van der Waals surface area contributed by atoms with Crippen LogP contribution in [-0.4, -0.2) is 50.3 Å². The van der Waals surface area contributed by atoms with Crippen molar-refractivity contribution < 1.29 is 60.7 Å². The first-order valence-corrected chi connectivity index (χ1v) is 7.51. The second-order valence-corrected chi connectivity index (χ2v) is 5.81. The fraction of sp³-hybridized carbons (Fsp3) is 0.688. The van der Waals surface area contributed by atoms with E-state index in [1.807, 2.05) is 0 Å². The molecule has 2 saturated carbocycles. The zero-order chi connectivity index (χ0) is 18.9. The summed E-state index contributed by atoms with van der Waals surface area (Å²) in [6.45, 7) is 3.89. The average molecular weight is 556 g/mol. The van der Waals surface area contributed by atoms with Crippen LogP contribution < -0.4 is 0 Å². The monoisotopic (exact) mass is 556 g/mol. The molecule has 0 aromatic heterocycles. The van der Waals surface area contributed by atoms with Gasteiger partial charge in [-0.2, -0.15) is 12.0 Å². The van der Waals surface area contributed by atoms with Gasteiger partial charge in [0.1, 0.15) is 0 Å². The molecular weight excluding hydrogens is 529 g/mol. The predicted octanol–water partition coefficient (Wildman–Crippen LogP) is 2.55. The maximum absolute atomic E-state index is 10.4. The molecule has 0 aliphatic heterocycles. The second kappa shape index (κ2) is 13.7. The van der Waals surface area contributed by atoms with Gasteiger partial charge in [0.2, 0.25) is 0 Å². The van der Waals surface area contributed by atoms with Crippen molar-refractivity contribution in [1.82, 2.24) is 0 Å². The van der Waals surface area contributed by atoms with E-state index in [0.717, 1.165) is 6.42 Å². The maximum atomic E-state index is 10.4. The van der Waals surface area contributed by atoms with E-state index in [1.54, 1.807) is 0 Å². The number of hydrogen-bond acceptors (Lipinski definition) is 4. The zero-order valence-corrected chi connectivity index (χ0v) is 15.8. The summed E-state index contributed by atoms with van der Waals surface area (Å²) in [5, 5.41) is 31.7. The molecule has 0 spiro atoms. The van der Waals surface area contributed by atoms with Gasteiger partial charge in [-0.1, -0.05) is 33.1 Å². The average Bonchev–Trinajstić information content (AvgIpc) is 2.41. The van der Waals surface area contributed by atoms with Gasteiger partial charge in [0.15, 0.2) is 5.41 Å². The molecule has 2 aliphatic carbocycles. The Hall–Kier alpha value is -1.47. The SMILES string of the molecule is C.O=C(O)C(=O)O.O=C(O)C1(C(=O)O)CCC1.[CH2-][C@@H]1CCCC[C@H]1[NH-].[Pt+2]. The largest absolute Gasteiger partial charge is 2.00 e. The van der Waals surface area contributed by atoms with Crippen LogP contribution in [0.3, 0.4) is 0 Å². The minimum absolute atomic E-state index is 0. The number of carboxylic acids is 4. The van der Waals surface area contributed by atoms with Crippen molar-refractivity contribution in [2.75, 3.05) is 0 Å². The summed E-state index contributed by atoms with van der Waals surface area (Å²) in [7, 11) is 0. The number of nitrogens with one attached hydrogen (secondary N) is 1. The molecule has 2 aliphatic rings. The van der Waals surface area contributed by atoms with E-state index < -0.39 is 29.3 Å². The molecule has 0 aromatic carbocycles. The van der Waals surface area contributed by atoms with Crippen LogP contribution >= 0.6 is 0 Å². The van der Waals surface area contributed by atoms with Crippen LogP contribution in [0.25, 0.3) is 5.73 Å². The fourth-order valence-electron chi connectivity index (χ4n) is 2.26. The first kappa shape index (κ1) is 29.3. The Kier molecular flexibility index (Phi) is 15.4. The second-order valence-electron chi connectivity index (χ2n) is 5.81. The molecule has 2 atom stereocenters. The smallest absolute Gasteiger partial charge is 0.677 e. The summed E-state index contributed by atoms with van der Waals surface area (Å²) in [6, 6.07) is 0.142. The molecule has 5 N–H and O–H groups in total. The van der Waals surface area contributed by atoms with Gasteiger partial charge in [-0.05, 0) is 19.3 Å². The van der Waals surface area contributed by atoms with Gasteiger partial charge in [0, 0.05) is 0 Å². The van der Waals surface area contributed by atoms with E-state index in [-0.39, 0.29) is 47.4 Å². The van der Waals surface area contributed by atoms with Crippen molar-refractivity contribution in [2.45, 2.75) is 58.4 Å². The minimum atomic E-state index is -1.82. The molecule has 2 rings (SSSR count). The van der Waals surface area contributed by atoms with Crippen LogP contribution in [0.4, 0.5) is 0 Å². The predicted molar refractivity (Wildman–Crippen MR) is 89.0 cm³/mol. The molecule has 0 unspecified atom stereocenters. The van der Waals surface area contributed by atoms with Gasteiger partial charge >= 0.3 is 44.9 Å². The van der Waals surface area contributed by atoms with E-state index in [9.17, 15) is 9.59 Å². The molecule has 0 amide bonds. The molecule has 0 bridgehead atoms. The van der Waals surface area contributed by atoms with E-state index in [2.05, 4.69) is 6.92 Å². The summed E-state index contributed by atoms with van der Waals surface area (Å²) in [5.74, 6) is -5.63. The van der Waals surface area contributed by atoms with Gasteiger partial charge in [0.05, 0.1) is 0 Å². The van der Waals surface area contributed by atoms with Gasteiger partial charge in [-0.15, -0.1) is 0 Å². The zero-order valence-electron chi connectivity index (χ0n) is 13.5. The van der Waals surface area contributed by atoms with Gasteiger partial charge in [-0.25, -0.2) is 9.59 Å². The molecule has 0 saturated heterocycles. The summed E-state index contributed by atoms with van der Waals surface area (Å²) in [5.41, 5.74) is 5.97. The Bertz CT molecular complexity index is 441. The number of rotatable bonds is 2. The summed E-state index contributed by atoms with van der Waals surface area (Å²) in [6.07, 6.45) is 6.06. The van der Waals surface area contributed by atoms with Crippen molar-refractivity contribution in [3.63, 3.8) is 0 Å². The summed E-state index contributed by atoms with van der Waals surface area (Å²) >= 11 is 0. The molecule has 2 fully saturated rings. The van der Waals surface area contributed by atoms with Crippen LogP contribution in [0.5, 0.6) is 0 Å². The van der Waals surface area contributed by atoms with Gasteiger partial charge < -0.3 is 33.1 Å². The van der Waals surface area contributed by atoms with E-state index in [4.69, 9.17) is 35.7 Å². The standard InChI is InChI=1S/C7H13N.C6H8O4.C2H2O4.CH4.Pt/c1-6-4-2-3-5-7(6)8;7-4(8)6(5(9)10)2-1-3-6;3-1(4)2(5)6;;/h6-8H,1-5H2;1-3H2,(H,7,8)(H,9,10);(H,3,4)(H,5,6);1H4;/q-2;;;;+2/t6-,7-;;;;/m1..../s1. The first-order chi connectivity index (χ1) is 11.0. The molecular formula is C16H27NO8Pt. The van der Waals surface area contributed by atoms with Crippen molar-refractivity contribution >= 4 is 23.9 Å². The molecule has 0 aromatic rings. The molecule has 0 heterocycles. The van der Waals surface area contributed by atoms with E-state index in [1.165, 1.54) is 19.3 Å². The number of carbonyl (C=O) groups is 4. The quantitative estimate of drug-likeness (QED) is 0.228. The topological polar surface area (TPSA) is 173 Å². The van der Waals surface area contributed by atoms with Crippen LogP contribution in [0.2, 0.25) is 0 Å². The van der Waals surface area contributed by atoms with Gasteiger partial charge in [-0.3, -0.25) is 9.59 Å². The van der Waals surface area contributed by atoms with Crippen LogP contribution in [0, 0.1) is 18.3 Å². The van der Waals surface area contributed by atoms with Crippen molar-refractivity contribution in [1.29, 1.82) is 0 Å². The maximum Gasteiger partial charge on any atom is 2.00 e. The Morgan fingerprint density at radius 1 is 0.846 bits per heavy atom. The van der Waals surface area contributed by atoms with Crippen LogP contribution in [-0.2, 0) is 40.2 Å². The molecule has 26 heavy (non-hydrogen) atoms. The van der Waals surface area contributed by atoms with Crippen LogP contribution in [0.1, 0.15) is 52.4 Å². The van der Waals surface area contributed by atoms with Crippen LogP contribution in [0.15, 0.2) is 0 Å². The third kappa shape index (κ3) is 9.29. The van der Waals surface area contributed by atoms with Gasteiger partial charge in [0.25, 0.3) is 0 Å². The number of carboxylic acid groups (broad SMARTS) is 4. The molecule has 0 radical (unpaired) electrons. The van der Waals surface area contributed by atoms with E-state index >= 15 is 0 Å². The Morgan fingerprint density at radius 3 is 1.35 bits per heavy atom. The summed E-state index contributed by atoms with van der Waals surface area (Å²) < 4.78 is 0. The Morgan fingerprint density at radius 2 is 1.23 bits per heavy atom.